The van der Waals surface area contributed by atoms with E-state index in [2.05, 4.69) is 10.3 Å². The molecule has 0 aliphatic carbocycles. The molecular weight excluding hydrogens is 235 g/mol. The van der Waals surface area contributed by atoms with Gasteiger partial charge in [-0.2, -0.15) is 0 Å². The Hall–Kier alpha value is -1.13. The van der Waals surface area contributed by atoms with Crippen molar-refractivity contribution < 1.29 is 4.39 Å². The quantitative estimate of drug-likeness (QED) is 0.891. The van der Waals surface area contributed by atoms with Gasteiger partial charge in [0.15, 0.2) is 0 Å². The van der Waals surface area contributed by atoms with Gasteiger partial charge in [0.1, 0.15) is 5.82 Å². The number of rotatable bonds is 3. The second kappa shape index (κ2) is 4.59. The van der Waals surface area contributed by atoms with E-state index in [-0.39, 0.29) is 5.82 Å². The van der Waals surface area contributed by atoms with Crippen LogP contribution in [0.2, 0.25) is 5.02 Å². The summed E-state index contributed by atoms with van der Waals surface area (Å²) < 4.78 is 12.7. The average molecular weight is 243 g/mol. The van der Waals surface area contributed by atoms with Crippen molar-refractivity contribution in [1.82, 2.24) is 4.98 Å². The molecule has 0 aliphatic heterocycles. The summed E-state index contributed by atoms with van der Waals surface area (Å²) in [5.74, 6) is -0.334. The van der Waals surface area contributed by atoms with Crippen molar-refractivity contribution >= 4 is 28.6 Å². The Morgan fingerprint density at radius 1 is 1.47 bits per heavy atom. The first-order valence-corrected chi connectivity index (χ1v) is 5.64. The molecule has 5 heteroatoms. The zero-order valence-electron chi connectivity index (χ0n) is 7.71. The van der Waals surface area contributed by atoms with Crippen molar-refractivity contribution in [3.63, 3.8) is 0 Å². The van der Waals surface area contributed by atoms with Gasteiger partial charge in [-0.05, 0) is 18.2 Å². The fourth-order valence-electron chi connectivity index (χ4n) is 1.14. The maximum absolute atomic E-state index is 12.7. The lowest BCUT2D eigenvalue weighted by Gasteiger charge is -2.06. The van der Waals surface area contributed by atoms with E-state index in [9.17, 15) is 4.39 Å². The predicted octanol–water partition coefficient (Wildman–Crippen LogP) is 3.55. The van der Waals surface area contributed by atoms with Gasteiger partial charge in [0, 0.05) is 5.38 Å². The van der Waals surface area contributed by atoms with Crippen LogP contribution >= 0.6 is 22.9 Å². The average Bonchev–Trinajstić information content (AvgIpc) is 2.69. The molecular formula is C10H8ClFN2S. The molecule has 1 N–H and O–H groups in total. The number of aromatic nitrogens is 1. The highest BCUT2D eigenvalue weighted by molar-refractivity contribution is 7.07. The van der Waals surface area contributed by atoms with Crippen molar-refractivity contribution in [2.75, 3.05) is 5.32 Å². The van der Waals surface area contributed by atoms with Gasteiger partial charge in [0.05, 0.1) is 28.5 Å². The summed E-state index contributed by atoms with van der Waals surface area (Å²) >= 11 is 7.39. The van der Waals surface area contributed by atoms with Gasteiger partial charge in [0.25, 0.3) is 0 Å². The van der Waals surface area contributed by atoms with Gasteiger partial charge in [-0.25, -0.2) is 9.37 Å². The predicted molar refractivity (Wildman–Crippen MR) is 60.9 cm³/mol. The minimum Gasteiger partial charge on any atom is -0.378 e. The number of thiazole rings is 1. The van der Waals surface area contributed by atoms with E-state index in [1.165, 1.54) is 23.5 Å². The summed E-state index contributed by atoms with van der Waals surface area (Å²) in [5, 5.41) is 5.42. The molecule has 0 spiro atoms. The number of anilines is 1. The van der Waals surface area contributed by atoms with E-state index in [4.69, 9.17) is 11.6 Å². The highest BCUT2D eigenvalue weighted by atomic mass is 35.5. The first-order chi connectivity index (χ1) is 7.25. The van der Waals surface area contributed by atoms with Crippen LogP contribution in [0, 0.1) is 5.82 Å². The lowest BCUT2D eigenvalue weighted by Crippen LogP contribution is -2.00. The molecule has 0 atom stereocenters. The molecule has 0 saturated heterocycles. The minimum atomic E-state index is -0.334. The maximum atomic E-state index is 12.7. The minimum absolute atomic E-state index is 0.334. The Labute approximate surface area is 95.7 Å². The van der Waals surface area contributed by atoms with Gasteiger partial charge in [0.2, 0.25) is 0 Å². The lowest BCUT2D eigenvalue weighted by molar-refractivity contribution is 0.628. The maximum Gasteiger partial charge on any atom is 0.124 e. The zero-order valence-corrected chi connectivity index (χ0v) is 9.28. The molecule has 0 saturated carbocycles. The first kappa shape index (κ1) is 10.4. The smallest absolute Gasteiger partial charge is 0.124 e. The van der Waals surface area contributed by atoms with Gasteiger partial charge in [-0.1, -0.05) is 11.6 Å². The van der Waals surface area contributed by atoms with Crippen LogP contribution in [0.5, 0.6) is 0 Å². The third-order valence-corrected chi connectivity index (χ3v) is 2.82. The highest BCUT2D eigenvalue weighted by Crippen LogP contribution is 2.22. The number of benzene rings is 1. The molecule has 0 fully saturated rings. The van der Waals surface area contributed by atoms with E-state index in [1.807, 2.05) is 5.38 Å². The van der Waals surface area contributed by atoms with Crippen LogP contribution in [0.1, 0.15) is 5.69 Å². The van der Waals surface area contributed by atoms with Crippen molar-refractivity contribution in [3.05, 3.63) is 45.6 Å². The normalized spacial score (nSPS) is 10.3. The largest absolute Gasteiger partial charge is 0.378 e. The Balaban J connectivity index is 2.05. The second-order valence-corrected chi connectivity index (χ2v) is 4.08. The van der Waals surface area contributed by atoms with Crippen LogP contribution in [-0.4, -0.2) is 4.98 Å². The van der Waals surface area contributed by atoms with Crippen LogP contribution < -0.4 is 5.32 Å². The molecule has 0 amide bonds. The highest BCUT2D eigenvalue weighted by Gasteiger charge is 2.01. The summed E-state index contributed by atoms with van der Waals surface area (Å²) in [6, 6.07) is 4.27. The molecule has 1 heterocycles. The molecule has 0 radical (unpaired) electrons. The third kappa shape index (κ3) is 2.67. The summed E-state index contributed by atoms with van der Waals surface area (Å²) in [7, 11) is 0. The number of nitrogens with zero attached hydrogens (tertiary/aromatic N) is 1. The fraction of sp³-hybridized carbons (Fsp3) is 0.100. The second-order valence-electron chi connectivity index (χ2n) is 2.96. The van der Waals surface area contributed by atoms with E-state index in [0.29, 0.717) is 17.3 Å². The number of hydrogen-bond donors (Lipinski definition) is 1. The zero-order chi connectivity index (χ0) is 10.7. The topological polar surface area (TPSA) is 24.9 Å². The number of hydrogen-bond acceptors (Lipinski definition) is 3. The molecule has 0 aliphatic rings. The monoisotopic (exact) mass is 242 g/mol. The van der Waals surface area contributed by atoms with Crippen molar-refractivity contribution in [2.24, 2.45) is 0 Å². The van der Waals surface area contributed by atoms with Crippen molar-refractivity contribution in [2.45, 2.75) is 6.54 Å². The summed E-state index contributed by atoms with van der Waals surface area (Å²) in [5.41, 5.74) is 3.43. The standard InChI is InChI=1S/C10H8ClFN2S/c11-9-3-7(12)1-2-10(9)13-4-8-5-15-6-14-8/h1-3,5-6,13H,4H2. The Kier molecular flexibility index (Phi) is 3.18. The molecule has 2 nitrogen and oxygen atoms in total. The van der Waals surface area contributed by atoms with Crippen LogP contribution in [0.4, 0.5) is 10.1 Å². The van der Waals surface area contributed by atoms with Crippen molar-refractivity contribution in [1.29, 1.82) is 0 Å². The summed E-state index contributed by atoms with van der Waals surface area (Å²) in [4.78, 5) is 4.12. The number of halogens is 2. The van der Waals surface area contributed by atoms with Crippen LogP contribution in [0.3, 0.4) is 0 Å². The van der Waals surface area contributed by atoms with Crippen LogP contribution in [0.15, 0.2) is 29.1 Å². The Bertz CT molecular complexity index is 445. The van der Waals surface area contributed by atoms with Gasteiger partial charge < -0.3 is 5.32 Å². The number of nitrogens with one attached hydrogen (secondary N) is 1. The van der Waals surface area contributed by atoms with Crippen LogP contribution in [0.25, 0.3) is 0 Å². The van der Waals surface area contributed by atoms with E-state index < -0.39 is 0 Å². The van der Waals surface area contributed by atoms with Gasteiger partial charge in [-0.15, -0.1) is 11.3 Å². The Morgan fingerprint density at radius 2 is 2.33 bits per heavy atom. The molecule has 15 heavy (non-hydrogen) atoms. The first-order valence-electron chi connectivity index (χ1n) is 4.31. The molecule has 0 unspecified atom stereocenters. The molecule has 2 aromatic rings. The van der Waals surface area contributed by atoms with Gasteiger partial charge in [-0.3, -0.25) is 0 Å². The molecule has 1 aromatic heterocycles. The Morgan fingerprint density at radius 3 is 3.00 bits per heavy atom. The van der Waals surface area contributed by atoms with E-state index in [1.54, 1.807) is 11.6 Å². The third-order valence-electron chi connectivity index (χ3n) is 1.87. The summed E-state index contributed by atoms with van der Waals surface area (Å²) in [6.45, 7) is 0.592. The van der Waals surface area contributed by atoms with Gasteiger partial charge >= 0.3 is 0 Å². The summed E-state index contributed by atoms with van der Waals surface area (Å²) in [6.07, 6.45) is 0. The SMILES string of the molecule is Fc1ccc(NCc2cscn2)c(Cl)c1. The van der Waals surface area contributed by atoms with E-state index in [0.717, 1.165) is 5.69 Å². The van der Waals surface area contributed by atoms with E-state index >= 15 is 0 Å². The lowest BCUT2D eigenvalue weighted by atomic mass is 10.3. The fourth-order valence-corrected chi connectivity index (χ4v) is 1.94. The molecule has 2 rings (SSSR count). The molecule has 78 valence electrons. The molecule has 1 aromatic carbocycles. The van der Waals surface area contributed by atoms with Crippen LogP contribution in [-0.2, 0) is 6.54 Å². The van der Waals surface area contributed by atoms with Crippen molar-refractivity contribution in [3.8, 4) is 0 Å². The molecule has 0 bridgehead atoms.